The van der Waals surface area contributed by atoms with Gasteiger partial charge in [0.25, 0.3) is 0 Å². The molecular weight excluding hydrogens is 248 g/mol. The summed E-state index contributed by atoms with van der Waals surface area (Å²) in [5.74, 6) is 0.318. The van der Waals surface area contributed by atoms with Crippen molar-refractivity contribution in [2.24, 2.45) is 5.92 Å². The highest BCUT2D eigenvalue weighted by Crippen LogP contribution is 2.29. The Morgan fingerprint density at radius 1 is 1.33 bits per heavy atom. The van der Waals surface area contributed by atoms with Crippen LogP contribution in [0.1, 0.15) is 32.3 Å². The van der Waals surface area contributed by atoms with Gasteiger partial charge in [-0.25, -0.2) is 0 Å². The molecule has 102 valence electrons. The van der Waals surface area contributed by atoms with Crippen LogP contribution in [0.15, 0.2) is 12.1 Å². The molecule has 0 aliphatic heterocycles. The van der Waals surface area contributed by atoms with Crippen molar-refractivity contribution in [2.45, 2.75) is 39.7 Å². The number of aliphatic hydroxyl groups excluding tert-OH is 1. The highest BCUT2D eigenvalue weighted by molar-refractivity contribution is 6.31. The van der Waals surface area contributed by atoms with Gasteiger partial charge in [0, 0.05) is 11.6 Å². The van der Waals surface area contributed by atoms with E-state index in [1.54, 1.807) is 12.1 Å². The van der Waals surface area contributed by atoms with Gasteiger partial charge in [0.2, 0.25) is 0 Å². The van der Waals surface area contributed by atoms with Crippen LogP contribution in [0.3, 0.4) is 0 Å². The molecule has 0 aliphatic carbocycles. The van der Waals surface area contributed by atoms with Crippen molar-refractivity contribution in [2.75, 3.05) is 17.6 Å². The molecule has 0 spiro atoms. The second-order valence-electron chi connectivity index (χ2n) is 4.66. The summed E-state index contributed by atoms with van der Waals surface area (Å²) < 4.78 is 0. The van der Waals surface area contributed by atoms with Crippen LogP contribution in [0.25, 0.3) is 0 Å². The van der Waals surface area contributed by atoms with Crippen molar-refractivity contribution in [3.05, 3.63) is 22.7 Å². The molecule has 0 aliphatic rings. The smallest absolute Gasteiger partial charge is 0.0740 e. The topological polar surface area (TPSA) is 58.3 Å². The van der Waals surface area contributed by atoms with Gasteiger partial charge in [0.15, 0.2) is 0 Å². The standard InChI is InChI=1S/C14H23ClN2O/c1-4-10(5-2)13(18)8-17-14-9(3)11(15)6-7-12(14)16/h6-7,10,13,17-18H,4-5,8,16H2,1-3H3. The predicted octanol–water partition coefficient (Wildman–Crippen LogP) is 3.44. The molecule has 1 unspecified atom stereocenters. The third kappa shape index (κ3) is 3.53. The van der Waals surface area contributed by atoms with E-state index in [0.717, 1.165) is 24.1 Å². The molecule has 4 heteroatoms. The van der Waals surface area contributed by atoms with Crippen LogP contribution in [0.4, 0.5) is 11.4 Å². The minimum absolute atomic E-state index is 0.318. The van der Waals surface area contributed by atoms with Crippen molar-refractivity contribution in [1.82, 2.24) is 0 Å². The Hall–Kier alpha value is -0.930. The molecule has 0 fully saturated rings. The van der Waals surface area contributed by atoms with Gasteiger partial charge >= 0.3 is 0 Å². The summed E-state index contributed by atoms with van der Waals surface area (Å²) in [5, 5.41) is 14.0. The quantitative estimate of drug-likeness (QED) is 0.694. The minimum Gasteiger partial charge on any atom is -0.397 e. The first-order chi connectivity index (χ1) is 8.51. The molecule has 0 heterocycles. The first kappa shape index (κ1) is 15.1. The lowest BCUT2D eigenvalue weighted by atomic mass is 9.96. The normalized spacial score (nSPS) is 12.8. The number of nitrogens with one attached hydrogen (secondary N) is 1. The molecule has 18 heavy (non-hydrogen) atoms. The zero-order valence-electron chi connectivity index (χ0n) is 11.3. The maximum atomic E-state index is 10.1. The molecule has 0 amide bonds. The van der Waals surface area contributed by atoms with Gasteiger partial charge in [-0.05, 0) is 30.5 Å². The Balaban J connectivity index is 2.72. The number of aliphatic hydroxyl groups is 1. The van der Waals surface area contributed by atoms with Gasteiger partial charge in [-0.1, -0.05) is 38.3 Å². The van der Waals surface area contributed by atoms with Crippen LogP contribution < -0.4 is 11.1 Å². The lowest BCUT2D eigenvalue weighted by Gasteiger charge is -2.22. The van der Waals surface area contributed by atoms with E-state index in [1.165, 1.54) is 0 Å². The summed E-state index contributed by atoms with van der Waals surface area (Å²) in [6, 6.07) is 3.57. The number of anilines is 2. The first-order valence-corrected chi connectivity index (χ1v) is 6.85. The number of benzene rings is 1. The fraction of sp³-hybridized carbons (Fsp3) is 0.571. The predicted molar refractivity (Wildman–Crippen MR) is 79.2 cm³/mol. The van der Waals surface area contributed by atoms with Crippen molar-refractivity contribution >= 4 is 23.0 Å². The van der Waals surface area contributed by atoms with Crippen LogP contribution in [0.5, 0.6) is 0 Å². The van der Waals surface area contributed by atoms with E-state index < -0.39 is 0 Å². The molecule has 1 aromatic carbocycles. The Morgan fingerprint density at radius 2 is 1.94 bits per heavy atom. The molecule has 0 saturated heterocycles. The fourth-order valence-electron chi connectivity index (χ4n) is 2.15. The monoisotopic (exact) mass is 270 g/mol. The minimum atomic E-state index is -0.363. The average Bonchev–Trinajstić information content (AvgIpc) is 2.35. The lowest BCUT2D eigenvalue weighted by Crippen LogP contribution is -2.28. The van der Waals surface area contributed by atoms with Crippen LogP contribution in [-0.4, -0.2) is 17.8 Å². The van der Waals surface area contributed by atoms with Gasteiger partial charge in [-0.3, -0.25) is 0 Å². The lowest BCUT2D eigenvalue weighted by molar-refractivity contribution is 0.114. The van der Waals surface area contributed by atoms with Crippen molar-refractivity contribution in [3.8, 4) is 0 Å². The zero-order chi connectivity index (χ0) is 13.7. The van der Waals surface area contributed by atoms with Crippen LogP contribution in [-0.2, 0) is 0 Å². The Kier molecular flexibility index (Phi) is 5.76. The molecule has 1 atom stereocenters. The number of rotatable bonds is 6. The van der Waals surface area contributed by atoms with E-state index in [2.05, 4.69) is 19.2 Å². The molecule has 0 bridgehead atoms. The van der Waals surface area contributed by atoms with E-state index in [1.807, 2.05) is 6.92 Å². The Morgan fingerprint density at radius 3 is 2.50 bits per heavy atom. The first-order valence-electron chi connectivity index (χ1n) is 6.47. The number of halogens is 1. The zero-order valence-corrected chi connectivity index (χ0v) is 12.1. The molecular formula is C14H23ClN2O. The largest absolute Gasteiger partial charge is 0.397 e. The highest BCUT2D eigenvalue weighted by Gasteiger charge is 2.16. The summed E-state index contributed by atoms with van der Waals surface area (Å²) in [6.45, 7) is 6.61. The van der Waals surface area contributed by atoms with E-state index in [-0.39, 0.29) is 6.10 Å². The summed E-state index contributed by atoms with van der Waals surface area (Å²) in [4.78, 5) is 0. The van der Waals surface area contributed by atoms with E-state index in [9.17, 15) is 5.11 Å². The van der Waals surface area contributed by atoms with Gasteiger partial charge in [-0.2, -0.15) is 0 Å². The van der Waals surface area contributed by atoms with Crippen molar-refractivity contribution in [1.29, 1.82) is 0 Å². The molecule has 4 N–H and O–H groups in total. The molecule has 3 nitrogen and oxygen atoms in total. The third-order valence-electron chi connectivity index (χ3n) is 3.51. The average molecular weight is 271 g/mol. The van der Waals surface area contributed by atoms with Gasteiger partial charge in [0.05, 0.1) is 17.5 Å². The molecule has 1 aromatic rings. The summed E-state index contributed by atoms with van der Waals surface area (Å²) in [5.41, 5.74) is 8.33. The molecule has 0 aromatic heterocycles. The molecule has 0 radical (unpaired) electrons. The van der Waals surface area contributed by atoms with E-state index in [0.29, 0.717) is 23.2 Å². The van der Waals surface area contributed by atoms with Crippen LogP contribution >= 0.6 is 11.6 Å². The van der Waals surface area contributed by atoms with Gasteiger partial charge in [-0.15, -0.1) is 0 Å². The number of hydrogen-bond acceptors (Lipinski definition) is 3. The van der Waals surface area contributed by atoms with Gasteiger partial charge in [0.1, 0.15) is 0 Å². The van der Waals surface area contributed by atoms with Crippen LogP contribution in [0.2, 0.25) is 5.02 Å². The summed E-state index contributed by atoms with van der Waals surface area (Å²) >= 11 is 6.06. The van der Waals surface area contributed by atoms with Crippen LogP contribution in [0, 0.1) is 12.8 Å². The number of nitrogen functional groups attached to an aromatic ring is 1. The maximum absolute atomic E-state index is 10.1. The maximum Gasteiger partial charge on any atom is 0.0740 e. The van der Waals surface area contributed by atoms with E-state index >= 15 is 0 Å². The highest BCUT2D eigenvalue weighted by atomic mass is 35.5. The summed E-state index contributed by atoms with van der Waals surface area (Å²) in [6.07, 6.45) is 1.59. The van der Waals surface area contributed by atoms with Crippen molar-refractivity contribution < 1.29 is 5.11 Å². The fourth-order valence-corrected chi connectivity index (χ4v) is 2.31. The SMILES string of the molecule is CCC(CC)C(O)CNc1c(N)ccc(Cl)c1C. The summed E-state index contributed by atoms with van der Waals surface area (Å²) in [7, 11) is 0. The number of hydrogen-bond donors (Lipinski definition) is 3. The molecule has 1 rings (SSSR count). The van der Waals surface area contributed by atoms with Crippen molar-refractivity contribution in [3.63, 3.8) is 0 Å². The second kappa shape index (κ2) is 6.86. The van der Waals surface area contributed by atoms with E-state index in [4.69, 9.17) is 17.3 Å². The third-order valence-corrected chi connectivity index (χ3v) is 3.92. The van der Waals surface area contributed by atoms with Gasteiger partial charge < -0.3 is 16.2 Å². The Labute approximate surface area is 114 Å². The Bertz CT molecular complexity index is 392. The second-order valence-corrected chi connectivity index (χ2v) is 5.07. The number of nitrogens with two attached hydrogens (primary N) is 1. The molecule has 0 saturated carbocycles.